The van der Waals surface area contributed by atoms with Crippen LogP contribution in [0.5, 0.6) is 0 Å². The van der Waals surface area contributed by atoms with Gasteiger partial charge in [-0.25, -0.2) is 4.98 Å². The number of nitrogens with one attached hydrogen (secondary N) is 1. The molecule has 11 heavy (non-hydrogen) atoms. The Kier molecular flexibility index (Phi) is 1.36. The molecule has 0 saturated heterocycles. The van der Waals surface area contributed by atoms with Crippen molar-refractivity contribution < 1.29 is 0 Å². The first kappa shape index (κ1) is 6.36. The van der Waals surface area contributed by atoms with Crippen molar-refractivity contribution in [2.24, 2.45) is 0 Å². The summed E-state index contributed by atoms with van der Waals surface area (Å²) < 4.78 is 0. The van der Waals surface area contributed by atoms with Gasteiger partial charge in [-0.15, -0.1) is 11.3 Å². The van der Waals surface area contributed by atoms with Crippen molar-refractivity contribution in [3.63, 3.8) is 0 Å². The average Bonchev–Trinajstić information content (AvgIpc) is 2.55. The number of rotatable bonds is 1. The molecule has 2 aromatic rings. The van der Waals surface area contributed by atoms with Crippen molar-refractivity contribution in [1.82, 2.24) is 15.2 Å². The zero-order valence-corrected chi connectivity index (χ0v) is 6.43. The predicted octanol–water partition coefficient (Wildman–Crippen LogP) is 1.12. The van der Waals surface area contributed by atoms with Gasteiger partial charge in [0.25, 0.3) is 0 Å². The first-order valence-corrected chi connectivity index (χ1v) is 3.95. The third-order valence-electron chi connectivity index (χ3n) is 1.26. The second-order valence-corrected chi connectivity index (χ2v) is 2.94. The Hall–Kier alpha value is -1.36. The van der Waals surface area contributed by atoms with Crippen molar-refractivity contribution in [1.29, 1.82) is 0 Å². The predicted molar refractivity (Wildman–Crippen MR) is 44.1 cm³/mol. The molecule has 0 spiro atoms. The first-order valence-electron chi connectivity index (χ1n) is 3.07. The Morgan fingerprint density at radius 1 is 1.55 bits per heavy atom. The molecule has 0 aliphatic heterocycles. The van der Waals surface area contributed by atoms with Gasteiger partial charge in [-0.05, 0) is 0 Å². The van der Waals surface area contributed by atoms with Crippen molar-refractivity contribution in [3.05, 3.63) is 17.6 Å². The summed E-state index contributed by atoms with van der Waals surface area (Å²) >= 11 is 1.55. The molecular weight excluding hydrogens is 160 g/mol. The van der Waals surface area contributed by atoms with Crippen LogP contribution >= 0.6 is 11.3 Å². The lowest BCUT2D eigenvalue weighted by Gasteiger charge is -1.83. The Labute approximate surface area is 67.1 Å². The minimum atomic E-state index is 0.496. The molecule has 3 N–H and O–H groups in total. The molecule has 0 aliphatic carbocycles. The maximum absolute atomic E-state index is 5.42. The van der Waals surface area contributed by atoms with Crippen LogP contribution in [0.25, 0.3) is 10.7 Å². The number of nitrogens with zero attached hydrogens (tertiary/aromatic N) is 2. The fourth-order valence-corrected chi connectivity index (χ4v) is 1.41. The van der Waals surface area contributed by atoms with E-state index in [-0.39, 0.29) is 0 Å². The molecule has 2 aromatic heterocycles. The summed E-state index contributed by atoms with van der Waals surface area (Å²) in [7, 11) is 0. The third kappa shape index (κ3) is 1.10. The molecule has 56 valence electrons. The van der Waals surface area contributed by atoms with Gasteiger partial charge >= 0.3 is 0 Å². The summed E-state index contributed by atoms with van der Waals surface area (Å²) in [6, 6.07) is 1.76. The fourth-order valence-electron chi connectivity index (χ4n) is 0.803. The van der Waals surface area contributed by atoms with E-state index in [0.717, 1.165) is 10.7 Å². The van der Waals surface area contributed by atoms with Crippen molar-refractivity contribution >= 4 is 17.2 Å². The summed E-state index contributed by atoms with van der Waals surface area (Å²) in [6.07, 6.45) is 1.75. The summed E-state index contributed by atoms with van der Waals surface area (Å²) in [5, 5.41) is 9.39. The van der Waals surface area contributed by atoms with E-state index in [1.54, 1.807) is 23.6 Å². The molecule has 0 atom stereocenters. The van der Waals surface area contributed by atoms with Crippen LogP contribution in [0, 0.1) is 0 Å². The molecule has 4 nitrogen and oxygen atoms in total. The van der Waals surface area contributed by atoms with E-state index in [2.05, 4.69) is 15.2 Å². The monoisotopic (exact) mass is 166 g/mol. The van der Waals surface area contributed by atoms with Gasteiger partial charge in [0, 0.05) is 17.6 Å². The minimum Gasteiger partial charge on any atom is -0.382 e. The molecule has 0 unspecified atom stereocenters. The fraction of sp³-hybridized carbons (Fsp3) is 0. The highest BCUT2D eigenvalue weighted by atomic mass is 32.1. The maximum Gasteiger partial charge on any atom is 0.145 e. The number of H-pyrrole nitrogens is 1. The van der Waals surface area contributed by atoms with Crippen molar-refractivity contribution in [2.45, 2.75) is 0 Å². The highest BCUT2D eigenvalue weighted by molar-refractivity contribution is 7.13. The van der Waals surface area contributed by atoms with Gasteiger partial charge in [0.15, 0.2) is 0 Å². The quantitative estimate of drug-likeness (QED) is 0.667. The third-order valence-corrected chi connectivity index (χ3v) is 2.07. The van der Waals surface area contributed by atoms with E-state index in [9.17, 15) is 0 Å². The highest BCUT2D eigenvalue weighted by Gasteiger charge is 2.01. The molecule has 2 heterocycles. The largest absolute Gasteiger partial charge is 0.382 e. The van der Waals surface area contributed by atoms with Crippen molar-refractivity contribution in [2.75, 3.05) is 5.73 Å². The number of thiazole rings is 1. The number of anilines is 1. The number of nitrogen functional groups attached to an aromatic ring is 1. The minimum absolute atomic E-state index is 0.496. The van der Waals surface area contributed by atoms with Gasteiger partial charge in [-0.3, -0.25) is 5.10 Å². The second-order valence-electron chi connectivity index (χ2n) is 2.04. The molecule has 0 aliphatic rings. The van der Waals surface area contributed by atoms with Crippen molar-refractivity contribution in [3.8, 4) is 10.7 Å². The zero-order chi connectivity index (χ0) is 7.68. The Balaban J connectivity index is 2.45. The highest BCUT2D eigenvalue weighted by Crippen LogP contribution is 2.19. The Morgan fingerprint density at radius 3 is 3.00 bits per heavy atom. The number of hydrogen-bond acceptors (Lipinski definition) is 4. The molecule has 0 saturated carbocycles. The van der Waals surface area contributed by atoms with Crippen LogP contribution < -0.4 is 5.73 Å². The van der Waals surface area contributed by atoms with E-state index in [0.29, 0.717) is 5.82 Å². The molecule has 5 heteroatoms. The number of hydrogen-bond donors (Lipinski definition) is 2. The standard InChI is InChI=1S/C6H6N4S/c7-5-3-4(9-10-5)6-8-1-2-11-6/h1-3H,(H3,7,9,10). The lowest BCUT2D eigenvalue weighted by atomic mass is 10.4. The molecule has 0 radical (unpaired) electrons. The Bertz CT molecular complexity index is 337. The molecule has 0 amide bonds. The molecule has 2 rings (SSSR count). The number of aromatic nitrogens is 3. The first-order chi connectivity index (χ1) is 5.36. The maximum atomic E-state index is 5.42. The van der Waals surface area contributed by atoms with Crippen LogP contribution in [-0.4, -0.2) is 15.2 Å². The lowest BCUT2D eigenvalue weighted by molar-refractivity contribution is 1.10. The van der Waals surface area contributed by atoms with Gasteiger partial charge in [0.1, 0.15) is 10.8 Å². The van der Waals surface area contributed by atoms with Crippen LogP contribution in [0.4, 0.5) is 5.82 Å². The van der Waals surface area contributed by atoms with Gasteiger partial charge in [0.05, 0.1) is 5.69 Å². The lowest BCUT2D eigenvalue weighted by Crippen LogP contribution is -1.81. The topological polar surface area (TPSA) is 67.6 Å². The van der Waals surface area contributed by atoms with E-state index in [4.69, 9.17) is 5.73 Å². The van der Waals surface area contributed by atoms with Crippen LogP contribution in [0.3, 0.4) is 0 Å². The van der Waals surface area contributed by atoms with Crippen LogP contribution in [0.2, 0.25) is 0 Å². The van der Waals surface area contributed by atoms with Gasteiger partial charge in [0.2, 0.25) is 0 Å². The van der Waals surface area contributed by atoms with Gasteiger partial charge in [-0.2, -0.15) is 5.10 Å². The van der Waals surface area contributed by atoms with E-state index < -0.39 is 0 Å². The summed E-state index contributed by atoms with van der Waals surface area (Å²) in [6.45, 7) is 0. The summed E-state index contributed by atoms with van der Waals surface area (Å²) in [5.41, 5.74) is 6.29. The van der Waals surface area contributed by atoms with Gasteiger partial charge < -0.3 is 5.73 Å². The number of nitrogens with two attached hydrogens (primary N) is 1. The summed E-state index contributed by atoms with van der Waals surface area (Å²) in [4.78, 5) is 4.09. The zero-order valence-electron chi connectivity index (χ0n) is 5.61. The molecule has 0 bridgehead atoms. The van der Waals surface area contributed by atoms with E-state index >= 15 is 0 Å². The van der Waals surface area contributed by atoms with Crippen LogP contribution in [0.1, 0.15) is 0 Å². The smallest absolute Gasteiger partial charge is 0.145 e. The van der Waals surface area contributed by atoms with E-state index in [1.807, 2.05) is 5.38 Å². The Morgan fingerprint density at radius 2 is 2.45 bits per heavy atom. The average molecular weight is 166 g/mol. The van der Waals surface area contributed by atoms with E-state index in [1.165, 1.54) is 0 Å². The number of aromatic amines is 1. The normalized spacial score (nSPS) is 10.2. The van der Waals surface area contributed by atoms with Crippen LogP contribution in [-0.2, 0) is 0 Å². The molecule has 0 fully saturated rings. The summed E-state index contributed by atoms with van der Waals surface area (Å²) in [5.74, 6) is 0.496. The van der Waals surface area contributed by atoms with Crippen LogP contribution in [0.15, 0.2) is 17.6 Å². The van der Waals surface area contributed by atoms with Gasteiger partial charge in [-0.1, -0.05) is 0 Å². The molecular formula is C6H6N4S. The molecule has 0 aromatic carbocycles. The SMILES string of the molecule is Nc1cc(-c2nccs2)[nH]n1. The second kappa shape index (κ2) is 2.35.